The minimum absolute atomic E-state index is 0.0151. The van der Waals surface area contributed by atoms with Crippen molar-refractivity contribution in [2.45, 2.75) is 45.4 Å². The molecule has 0 aliphatic carbocycles. The molecule has 1 N–H and O–H groups in total. The molecule has 1 aliphatic rings. The highest BCUT2D eigenvalue weighted by Crippen LogP contribution is 2.21. The van der Waals surface area contributed by atoms with E-state index in [9.17, 15) is 9.59 Å². The Labute approximate surface area is 177 Å². The van der Waals surface area contributed by atoms with E-state index < -0.39 is 0 Å². The Morgan fingerprint density at radius 1 is 1.17 bits per heavy atom. The number of likely N-dealkylation sites (tertiary alicyclic amines) is 1. The van der Waals surface area contributed by atoms with Crippen molar-refractivity contribution in [2.24, 2.45) is 5.92 Å². The zero-order valence-corrected chi connectivity index (χ0v) is 17.9. The first-order chi connectivity index (χ1) is 14.3. The highest BCUT2D eigenvalue weighted by atomic mass is 16.5. The molecule has 160 valence electrons. The summed E-state index contributed by atoms with van der Waals surface area (Å²) in [6, 6.07) is 9.44. The van der Waals surface area contributed by atoms with Crippen LogP contribution in [-0.2, 0) is 15.0 Å². The van der Waals surface area contributed by atoms with Gasteiger partial charge in [0.05, 0.1) is 37.0 Å². The number of carbonyl (C=O) groups excluding carboxylic acids is 2. The van der Waals surface area contributed by atoms with Gasteiger partial charge in [-0.05, 0) is 25.0 Å². The van der Waals surface area contributed by atoms with Crippen LogP contribution in [-0.4, -0.2) is 46.4 Å². The largest absolute Gasteiger partial charge is 0.493 e. The zero-order valence-electron chi connectivity index (χ0n) is 17.9. The van der Waals surface area contributed by atoms with E-state index in [-0.39, 0.29) is 23.1 Å². The predicted octanol–water partition coefficient (Wildman–Crippen LogP) is 3.42. The van der Waals surface area contributed by atoms with E-state index >= 15 is 0 Å². The number of piperidine rings is 1. The van der Waals surface area contributed by atoms with Crippen LogP contribution in [0.5, 0.6) is 5.75 Å². The number of anilines is 1. The fourth-order valence-corrected chi connectivity index (χ4v) is 3.37. The minimum Gasteiger partial charge on any atom is -0.493 e. The Kier molecular flexibility index (Phi) is 7.03. The van der Waals surface area contributed by atoms with Crippen LogP contribution < -0.4 is 10.1 Å². The number of nitrogens with zero attached hydrogens (tertiary/aromatic N) is 3. The normalized spacial score (nSPS) is 16.8. The van der Waals surface area contributed by atoms with Crippen LogP contribution in [0.2, 0.25) is 0 Å². The van der Waals surface area contributed by atoms with E-state index in [2.05, 4.69) is 15.3 Å². The minimum atomic E-state index is -0.236. The van der Waals surface area contributed by atoms with Gasteiger partial charge in [0.15, 0.2) is 0 Å². The third-order valence-corrected chi connectivity index (χ3v) is 5.06. The molecule has 2 aromatic rings. The smallest absolute Gasteiger partial charge is 0.229 e. The topological polar surface area (TPSA) is 84.4 Å². The molecule has 0 unspecified atom stereocenters. The number of para-hydroxylation sites is 1. The highest BCUT2D eigenvalue weighted by molar-refractivity contribution is 5.92. The number of hydrogen-bond donors (Lipinski definition) is 1. The lowest BCUT2D eigenvalue weighted by Gasteiger charge is -2.32. The highest BCUT2D eigenvalue weighted by Gasteiger charge is 2.28. The molecule has 0 radical (unpaired) electrons. The number of aromatic nitrogens is 2. The van der Waals surface area contributed by atoms with Crippen LogP contribution in [0.15, 0.2) is 42.7 Å². The molecule has 1 aromatic carbocycles. The van der Waals surface area contributed by atoms with Gasteiger partial charge in [0.2, 0.25) is 11.8 Å². The van der Waals surface area contributed by atoms with E-state index in [1.165, 1.54) is 0 Å². The molecule has 7 nitrogen and oxygen atoms in total. The first kappa shape index (κ1) is 21.7. The zero-order chi connectivity index (χ0) is 21.6. The van der Waals surface area contributed by atoms with E-state index in [0.717, 1.165) is 24.4 Å². The second-order valence-electron chi connectivity index (χ2n) is 8.63. The maximum atomic E-state index is 12.7. The molecule has 3 rings (SSSR count). The van der Waals surface area contributed by atoms with Crippen LogP contribution in [0, 0.1) is 5.92 Å². The second kappa shape index (κ2) is 9.69. The molecule has 7 heteroatoms. The number of nitrogens with one attached hydrogen (secondary N) is 1. The van der Waals surface area contributed by atoms with Crippen molar-refractivity contribution in [3.05, 3.63) is 48.5 Å². The molecular formula is C23H30N4O3. The number of ether oxygens (including phenoxy) is 1. The summed E-state index contributed by atoms with van der Waals surface area (Å²) in [6.45, 7) is 7.55. The quantitative estimate of drug-likeness (QED) is 0.789. The van der Waals surface area contributed by atoms with Crippen LogP contribution in [0.1, 0.15) is 45.9 Å². The Balaban J connectivity index is 1.48. The lowest BCUT2D eigenvalue weighted by Crippen LogP contribution is -2.44. The average molecular weight is 411 g/mol. The van der Waals surface area contributed by atoms with E-state index in [1.54, 1.807) is 17.3 Å². The van der Waals surface area contributed by atoms with Crippen molar-refractivity contribution in [1.29, 1.82) is 0 Å². The Hall–Kier alpha value is -2.96. The molecule has 0 saturated carbocycles. The van der Waals surface area contributed by atoms with Crippen molar-refractivity contribution in [3.63, 3.8) is 0 Å². The summed E-state index contributed by atoms with van der Waals surface area (Å²) in [4.78, 5) is 35.7. The van der Waals surface area contributed by atoms with E-state index in [1.807, 2.05) is 51.1 Å². The lowest BCUT2D eigenvalue weighted by atomic mass is 9.96. The Morgan fingerprint density at radius 3 is 2.53 bits per heavy atom. The van der Waals surface area contributed by atoms with Gasteiger partial charge < -0.3 is 15.0 Å². The number of amides is 2. The summed E-state index contributed by atoms with van der Waals surface area (Å²) in [5, 5.41) is 2.89. The molecule has 1 atom stereocenters. The molecule has 0 bridgehead atoms. The summed E-state index contributed by atoms with van der Waals surface area (Å²) in [5.74, 6) is 1.16. The van der Waals surface area contributed by atoms with Gasteiger partial charge in [-0.15, -0.1) is 0 Å². The van der Waals surface area contributed by atoms with E-state index in [0.29, 0.717) is 31.8 Å². The summed E-state index contributed by atoms with van der Waals surface area (Å²) in [5.41, 5.74) is 0.435. The van der Waals surface area contributed by atoms with Gasteiger partial charge in [0.25, 0.3) is 0 Å². The number of hydrogen-bond acceptors (Lipinski definition) is 5. The van der Waals surface area contributed by atoms with Gasteiger partial charge >= 0.3 is 0 Å². The number of rotatable bonds is 6. The molecule has 1 saturated heterocycles. The fourth-order valence-electron chi connectivity index (χ4n) is 3.37. The SMILES string of the molecule is CC(C)(C)c1ncc(NC(=O)[C@@H]2CCCN(C(=O)CCOc3ccccc3)C2)cn1. The summed E-state index contributed by atoms with van der Waals surface area (Å²) >= 11 is 0. The lowest BCUT2D eigenvalue weighted by molar-refractivity contribution is -0.135. The first-order valence-electron chi connectivity index (χ1n) is 10.4. The fraction of sp³-hybridized carbons (Fsp3) is 0.478. The van der Waals surface area contributed by atoms with Crippen LogP contribution >= 0.6 is 0 Å². The van der Waals surface area contributed by atoms with Crippen LogP contribution in [0.4, 0.5) is 5.69 Å². The van der Waals surface area contributed by atoms with Gasteiger partial charge in [-0.2, -0.15) is 0 Å². The third kappa shape index (κ3) is 6.02. The van der Waals surface area contributed by atoms with Gasteiger partial charge in [-0.1, -0.05) is 39.0 Å². The van der Waals surface area contributed by atoms with Crippen molar-refractivity contribution < 1.29 is 14.3 Å². The molecule has 1 aromatic heterocycles. The molecule has 1 aliphatic heterocycles. The first-order valence-corrected chi connectivity index (χ1v) is 10.4. The molecule has 2 amide bonds. The summed E-state index contributed by atoms with van der Waals surface area (Å²) in [6.07, 6.45) is 5.14. The van der Waals surface area contributed by atoms with Crippen molar-refractivity contribution in [3.8, 4) is 5.75 Å². The van der Waals surface area contributed by atoms with Crippen molar-refractivity contribution in [2.75, 3.05) is 25.0 Å². The number of benzene rings is 1. The van der Waals surface area contributed by atoms with E-state index in [4.69, 9.17) is 4.74 Å². The Morgan fingerprint density at radius 2 is 1.87 bits per heavy atom. The van der Waals surface area contributed by atoms with Gasteiger partial charge in [0.1, 0.15) is 11.6 Å². The maximum absolute atomic E-state index is 12.7. The maximum Gasteiger partial charge on any atom is 0.229 e. The molecular weight excluding hydrogens is 380 g/mol. The number of carbonyl (C=O) groups is 2. The van der Waals surface area contributed by atoms with Gasteiger partial charge in [0, 0.05) is 18.5 Å². The predicted molar refractivity (Wildman–Crippen MR) is 115 cm³/mol. The average Bonchev–Trinajstić information content (AvgIpc) is 2.74. The molecule has 2 heterocycles. The van der Waals surface area contributed by atoms with Crippen LogP contribution in [0.25, 0.3) is 0 Å². The Bertz CT molecular complexity index is 847. The standard InChI is InChI=1S/C23H30N4O3/c1-23(2,3)22-24-14-18(15-25-22)26-21(29)17-8-7-12-27(16-17)20(28)11-13-30-19-9-5-4-6-10-19/h4-6,9-10,14-15,17H,7-8,11-13,16H2,1-3H3,(H,26,29)/t17-/m1/s1. The second-order valence-corrected chi connectivity index (χ2v) is 8.63. The molecule has 1 fully saturated rings. The molecule has 30 heavy (non-hydrogen) atoms. The summed E-state index contributed by atoms with van der Waals surface area (Å²) in [7, 11) is 0. The van der Waals surface area contributed by atoms with Crippen LogP contribution in [0.3, 0.4) is 0 Å². The summed E-state index contributed by atoms with van der Waals surface area (Å²) < 4.78 is 5.61. The van der Waals surface area contributed by atoms with Crippen molar-refractivity contribution in [1.82, 2.24) is 14.9 Å². The third-order valence-electron chi connectivity index (χ3n) is 5.06. The molecule has 0 spiro atoms. The monoisotopic (exact) mass is 410 g/mol. The van der Waals surface area contributed by atoms with Crippen molar-refractivity contribution >= 4 is 17.5 Å². The van der Waals surface area contributed by atoms with Gasteiger partial charge in [-0.25, -0.2) is 9.97 Å². The van der Waals surface area contributed by atoms with Gasteiger partial charge in [-0.3, -0.25) is 9.59 Å².